The van der Waals surface area contributed by atoms with E-state index in [1.807, 2.05) is 55.5 Å². The van der Waals surface area contributed by atoms with Gasteiger partial charge in [-0.15, -0.1) is 11.3 Å². The Morgan fingerprint density at radius 2 is 1.84 bits per heavy atom. The van der Waals surface area contributed by atoms with Gasteiger partial charge in [0.2, 0.25) is 0 Å². The lowest BCUT2D eigenvalue weighted by atomic mass is 9.95. The van der Waals surface area contributed by atoms with Crippen molar-refractivity contribution < 1.29 is 9.53 Å². The number of thiophene rings is 1. The second kappa shape index (κ2) is 9.87. The first kappa shape index (κ1) is 24.6. The van der Waals surface area contributed by atoms with E-state index >= 15 is 0 Å². The van der Waals surface area contributed by atoms with Crippen LogP contribution < -0.4 is 15.0 Å². The quantitative estimate of drug-likeness (QED) is 0.313. The fraction of sp³-hybridized carbons (Fsp3) is 0.323. The van der Waals surface area contributed by atoms with E-state index in [1.54, 1.807) is 7.11 Å². The number of nitrogens with zero attached hydrogens (tertiary/aromatic N) is 3. The van der Waals surface area contributed by atoms with Crippen LogP contribution in [0.5, 0.6) is 5.75 Å². The lowest BCUT2D eigenvalue weighted by Gasteiger charge is -2.32. The first-order valence-electron chi connectivity index (χ1n) is 13.2. The van der Waals surface area contributed by atoms with Crippen molar-refractivity contribution in [2.75, 3.05) is 31.4 Å². The second-order valence-corrected chi connectivity index (χ2v) is 11.5. The minimum Gasteiger partial charge on any atom is -0.495 e. The Labute approximate surface area is 228 Å². The molecular weight excluding hydrogens is 492 g/mol. The Morgan fingerprint density at radius 3 is 2.61 bits per heavy atom. The number of fused-ring (bicyclic) bond motifs is 5. The molecule has 0 radical (unpaired) electrons. The molecule has 196 valence electrons. The van der Waals surface area contributed by atoms with Crippen LogP contribution in [0.2, 0.25) is 0 Å². The van der Waals surface area contributed by atoms with Crippen LogP contribution in [-0.2, 0) is 19.4 Å². The summed E-state index contributed by atoms with van der Waals surface area (Å²) in [7, 11) is 5.72. The van der Waals surface area contributed by atoms with E-state index in [-0.39, 0.29) is 12.1 Å². The molecule has 1 N–H and O–H groups in total. The number of anilines is 2. The highest BCUT2D eigenvalue weighted by molar-refractivity contribution is 7.15. The molecule has 0 spiro atoms. The third kappa shape index (κ3) is 4.25. The monoisotopic (exact) mass is 526 g/mol. The van der Waals surface area contributed by atoms with Gasteiger partial charge in [-0.2, -0.15) is 0 Å². The van der Waals surface area contributed by atoms with E-state index in [0.717, 1.165) is 35.3 Å². The minimum atomic E-state index is -0.240. The maximum atomic E-state index is 14.2. The fourth-order valence-electron chi connectivity index (χ4n) is 5.80. The van der Waals surface area contributed by atoms with Crippen LogP contribution in [0.15, 0.2) is 60.8 Å². The summed E-state index contributed by atoms with van der Waals surface area (Å²) in [6.45, 7) is 2.58. The predicted octanol–water partition coefficient (Wildman–Crippen LogP) is 6.94. The standard InChI is InChI=1S/C31H34N4O2S/c1-20-11-16-27(37-4)25(18-20)32-31(36)35-19-24-23-8-5-6-10-28(23)38-30(24)34-17-7-9-26(34)29(35)21-12-14-22(15-13-21)33(2)3/h7,9,11-18,29H,5-6,8,10,19H2,1-4H3,(H,32,36). The number of methoxy groups -OCH3 is 1. The molecule has 1 unspecified atom stereocenters. The van der Waals surface area contributed by atoms with Crippen molar-refractivity contribution in [3.63, 3.8) is 0 Å². The Morgan fingerprint density at radius 1 is 1.05 bits per heavy atom. The van der Waals surface area contributed by atoms with Gasteiger partial charge in [-0.05, 0) is 85.7 Å². The topological polar surface area (TPSA) is 49.7 Å². The second-order valence-electron chi connectivity index (χ2n) is 10.4. The normalized spacial score (nSPS) is 16.2. The van der Waals surface area contributed by atoms with Gasteiger partial charge in [0.15, 0.2) is 0 Å². The van der Waals surface area contributed by atoms with Crippen molar-refractivity contribution in [2.24, 2.45) is 0 Å². The Balaban J connectivity index is 1.49. The van der Waals surface area contributed by atoms with Gasteiger partial charge in [0, 0.05) is 36.4 Å². The first-order chi connectivity index (χ1) is 18.4. The number of aryl methyl sites for hydroxylation is 2. The maximum Gasteiger partial charge on any atom is 0.323 e. The number of amides is 2. The van der Waals surface area contributed by atoms with Crippen molar-refractivity contribution in [2.45, 2.75) is 45.2 Å². The molecule has 0 fully saturated rings. The molecule has 2 aromatic heterocycles. The Bertz CT molecular complexity index is 1480. The van der Waals surface area contributed by atoms with Crippen LogP contribution in [0, 0.1) is 6.92 Å². The van der Waals surface area contributed by atoms with E-state index in [9.17, 15) is 4.79 Å². The number of hydrogen-bond donors (Lipinski definition) is 1. The highest BCUT2D eigenvalue weighted by Crippen LogP contribution is 2.44. The lowest BCUT2D eigenvalue weighted by molar-refractivity contribution is 0.194. The number of carbonyl (C=O) groups is 1. The SMILES string of the molecule is COc1ccc(C)cc1NC(=O)N1Cc2c(sc3c2CCCC3)-n2cccc2C1c1ccc(N(C)C)cc1. The van der Waals surface area contributed by atoms with Crippen LogP contribution in [-0.4, -0.2) is 36.7 Å². The van der Waals surface area contributed by atoms with E-state index in [4.69, 9.17) is 4.74 Å². The van der Waals surface area contributed by atoms with E-state index < -0.39 is 0 Å². The van der Waals surface area contributed by atoms with Crippen molar-refractivity contribution in [3.05, 3.63) is 93.6 Å². The summed E-state index contributed by atoms with van der Waals surface area (Å²) in [5.41, 5.74) is 7.82. The summed E-state index contributed by atoms with van der Waals surface area (Å²) in [4.78, 5) is 19.8. The van der Waals surface area contributed by atoms with Crippen LogP contribution in [0.1, 0.15) is 51.7 Å². The maximum absolute atomic E-state index is 14.2. The summed E-state index contributed by atoms with van der Waals surface area (Å²) in [5, 5.41) is 4.46. The van der Waals surface area contributed by atoms with Gasteiger partial charge in [0.05, 0.1) is 31.1 Å². The molecule has 0 saturated heterocycles. The third-order valence-electron chi connectivity index (χ3n) is 7.76. The van der Waals surface area contributed by atoms with Gasteiger partial charge in [-0.3, -0.25) is 0 Å². The predicted molar refractivity (Wildman–Crippen MR) is 155 cm³/mol. The zero-order valence-corrected chi connectivity index (χ0v) is 23.3. The lowest BCUT2D eigenvalue weighted by Crippen LogP contribution is -2.38. The molecular formula is C31H34N4O2S. The molecule has 1 aliphatic heterocycles. The van der Waals surface area contributed by atoms with Gasteiger partial charge in [0.25, 0.3) is 0 Å². The molecule has 7 heteroatoms. The van der Waals surface area contributed by atoms with Gasteiger partial charge < -0.3 is 24.4 Å². The number of carbonyl (C=O) groups excluding carboxylic acids is 1. The number of rotatable bonds is 4. The average molecular weight is 527 g/mol. The first-order valence-corrected chi connectivity index (χ1v) is 14.1. The molecule has 6 rings (SSSR count). The van der Waals surface area contributed by atoms with E-state index in [0.29, 0.717) is 18.0 Å². The summed E-state index contributed by atoms with van der Waals surface area (Å²) in [5.74, 6) is 0.655. The minimum absolute atomic E-state index is 0.132. The fourth-order valence-corrected chi connectivity index (χ4v) is 7.20. The Hall–Kier alpha value is -3.71. The molecule has 2 aromatic carbocycles. The average Bonchev–Trinajstić information content (AvgIpc) is 3.51. The highest BCUT2D eigenvalue weighted by atomic mass is 32.1. The summed E-state index contributed by atoms with van der Waals surface area (Å²) in [6, 6.07) is 18.3. The molecule has 4 aromatic rings. The molecule has 38 heavy (non-hydrogen) atoms. The third-order valence-corrected chi connectivity index (χ3v) is 9.09. The molecule has 2 aliphatic rings. The molecule has 3 heterocycles. The molecule has 0 bridgehead atoms. The molecule has 1 aliphatic carbocycles. The van der Waals surface area contributed by atoms with Gasteiger partial charge in [0.1, 0.15) is 10.8 Å². The van der Waals surface area contributed by atoms with Crippen LogP contribution in [0.4, 0.5) is 16.2 Å². The number of nitrogens with one attached hydrogen (secondary N) is 1. The Kier molecular flexibility index (Phi) is 6.40. The number of urea groups is 1. The van der Waals surface area contributed by atoms with Gasteiger partial charge in [-0.1, -0.05) is 18.2 Å². The summed E-state index contributed by atoms with van der Waals surface area (Å²) < 4.78 is 7.90. The van der Waals surface area contributed by atoms with E-state index in [2.05, 4.69) is 57.4 Å². The zero-order valence-electron chi connectivity index (χ0n) is 22.5. The van der Waals surface area contributed by atoms with Gasteiger partial charge in [-0.25, -0.2) is 4.79 Å². The summed E-state index contributed by atoms with van der Waals surface area (Å²) >= 11 is 1.91. The summed E-state index contributed by atoms with van der Waals surface area (Å²) in [6.07, 6.45) is 6.81. The number of ether oxygens (including phenoxy) is 1. The number of benzene rings is 2. The van der Waals surface area contributed by atoms with Crippen molar-refractivity contribution in [1.29, 1.82) is 0 Å². The zero-order chi connectivity index (χ0) is 26.4. The van der Waals surface area contributed by atoms with Crippen molar-refractivity contribution in [1.82, 2.24) is 9.47 Å². The number of aromatic nitrogens is 1. The van der Waals surface area contributed by atoms with Crippen molar-refractivity contribution in [3.8, 4) is 10.8 Å². The van der Waals surface area contributed by atoms with Crippen LogP contribution >= 0.6 is 11.3 Å². The van der Waals surface area contributed by atoms with Crippen LogP contribution in [0.3, 0.4) is 0 Å². The molecule has 6 nitrogen and oxygen atoms in total. The largest absolute Gasteiger partial charge is 0.495 e. The smallest absolute Gasteiger partial charge is 0.323 e. The van der Waals surface area contributed by atoms with Crippen molar-refractivity contribution >= 4 is 28.7 Å². The van der Waals surface area contributed by atoms with Gasteiger partial charge >= 0.3 is 6.03 Å². The molecule has 1 atom stereocenters. The molecule has 0 saturated carbocycles. The highest BCUT2D eigenvalue weighted by Gasteiger charge is 2.36. The van der Waals surface area contributed by atoms with Crippen LogP contribution in [0.25, 0.3) is 5.00 Å². The van der Waals surface area contributed by atoms with E-state index in [1.165, 1.54) is 33.8 Å². The molecule has 2 amide bonds. The number of hydrogen-bond acceptors (Lipinski definition) is 4.